The number of guanidine groups is 1. The van der Waals surface area contributed by atoms with E-state index in [0.29, 0.717) is 6.04 Å². The smallest absolute Gasteiger partial charge is 0.191 e. The number of nitrogens with one attached hydrogen (secondary N) is 2. The molecule has 25 heavy (non-hydrogen) atoms. The number of rotatable bonds is 10. The fraction of sp³-hybridized carbons (Fsp3) is 0.833. The van der Waals surface area contributed by atoms with Crippen LogP contribution in [0.2, 0.25) is 0 Å². The molecule has 7 nitrogen and oxygen atoms in total. The summed E-state index contributed by atoms with van der Waals surface area (Å²) in [5, 5.41) is 15.2. The molecule has 1 heterocycles. The van der Waals surface area contributed by atoms with Crippen molar-refractivity contribution >= 4 is 5.96 Å². The number of nitrogens with zero attached hydrogens (tertiary/aromatic N) is 4. The average molecular weight is 351 g/mol. The molecule has 2 rings (SSSR count). The number of hydrogen-bond donors (Lipinski definition) is 2. The topological polar surface area (TPSA) is 76.4 Å². The predicted molar refractivity (Wildman–Crippen MR) is 101 cm³/mol. The first kappa shape index (κ1) is 19.7. The molecule has 0 saturated heterocycles. The van der Waals surface area contributed by atoms with E-state index in [1.807, 2.05) is 6.92 Å². The summed E-state index contributed by atoms with van der Waals surface area (Å²) in [6.07, 6.45) is 10.1. The number of aryl methyl sites for hydroxylation is 1. The summed E-state index contributed by atoms with van der Waals surface area (Å²) in [6.45, 7) is 8.12. The Bertz CT molecular complexity index is 496. The molecule has 1 aliphatic carbocycles. The minimum absolute atomic E-state index is 0.549. The molecule has 0 unspecified atom stereocenters. The Morgan fingerprint density at radius 1 is 1.32 bits per heavy atom. The van der Waals surface area contributed by atoms with Crippen molar-refractivity contribution < 1.29 is 4.74 Å². The summed E-state index contributed by atoms with van der Waals surface area (Å²) in [5.74, 6) is 1.95. The molecule has 1 saturated carbocycles. The summed E-state index contributed by atoms with van der Waals surface area (Å²) in [5.41, 5.74) is 0. The maximum absolute atomic E-state index is 5.39. The first-order valence-corrected chi connectivity index (χ1v) is 9.82. The molecule has 0 radical (unpaired) electrons. The Hall–Kier alpha value is -1.63. The van der Waals surface area contributed by atoms with E-state index in [1.165, 1.54) is 32.1 Å². The van der Waals surface area contributed by atoms with Gasteiger partial charge in [0.2, 0.25) is 0 Å². The van der Waals surface area contributed by atoms with E-state index >= 15 is 0 Å². The van der Waals surface area contributed by atoms with E-state index in [0.717, 1.165) is 57.5 Å². The minimum atomic E-state index is 0.549. The van der Waals surface area contributed by atoms with E-state index in [1.54, 1.807) is 6.33 Å². The van der Waals surface area contributed by atoms with Crippen LogP contribution < -0.4 is 10.6 Å². The largest absolute Gasteiger partial charge is 0.382 e. The van der Waals surface area contributed by atoms with Crippen LogP contribution in [0.3, 0.4) is 0 Å². The average Bonchev–Trinajstić information content (AvgIpc) is 3.09. The summed E-state index contributed by atoms with van der Waals surface area (Å²) in [6, 6.07) is 0.549. The van der Waals surface area contributed by atoms with Gasteiger partial charge in [0.05, 0.1) is 0 Å². The molecule has 1 fully saturated rings. The second-order valence-corrected chi connectivity index (χ2v) is 6.48. The van der Waals surface area contributed by atoms with Gasteiger partial charge in [0.1, 0.15) is 12.2 Å². The Labute approximate surface area is 151 Å². The van der Waals surface area contributed by atoms with Crippen LogP contribution in [0.15, 0.2) is 11.3 Å². The van der Waals surface area contributed by atoms with Crippen LogP contribution in [-0.4, -0.2) is 53.1 Å². The van der Waals surface area contributed by atoms with Crippen molar-refractivity contribution in [3.63, 3.8) is 0 Å². The highest BCUT2D eigenvalue weighted by atomic mass is 16.5. The Balaban J connectivity index is 1.80. The van der Waals surface area contributed by atoms with Crippen molar-refractivity contribution in [3.05, 3.63) is 12.2 Å². The van der Waals surface area contributed by atoms with Gasteiger partial charge < -0.3 is 19.9 Å². The molecule has 2 N–H and O–H groups in total. The second kappa shape index (κ2) is 11.8. The highest BCUT2D eigenvalue weighted by Gasteiger charge is 2.14. The Kier molecular flexibility index (Phi) is 9.33. The highest BCUT2D eigenvalue weighted by molar-refractivity contribution is 5.80. The van der Waals surface area contributed by atoms with Crippen LogP contribution in [0, 0.1) is 0 Å². The summed E-state index contributed by atoms with van der Waals surface area (Å²) < 4.78 is 7.49. The van der Waals surface area contributed by atoms with Crippen LogP contribution in [0.5, 0.6) is 0 Å². The minimum Gasteiger partial charge on any atom is -0.382 e. The van der Waals surface area contributed by atoms with Gasteiger partial charge in [0.25, 0.3) is 0 Å². The van der Waals surface area contributed by atoms with Crippen LogP contribution in [0.25, 0.3) is 0 Å². The quantitative estimate of drug-likeness (QED) is 0.384. The first-order valence-electron chi connectivity index (χ1n) is 9.82. The van der Waals surface area contributed by atoms with E-state index in [-0.39, 0.29) is 0 Å². The van der Waals surface area contributed by atoms with Crippen molar-refractivity contribution in [2.75, 3.05) is 26.3 Å². The lowest BCUT2D eigenvalue weighted by atomic mass is 9.96. The van der Waals surface area contributed by atoms with Crippen molar-refractivity contribution in [2.45, 2.75) is 71.4 Å². The van der Waals surface area contributed by atoms with Gasteiger partial charge in [-0.3, -0.25) is 4.99 Å². The molecule has 1 aromatic heterocycles. The van der Waals surface area contributed by atoms with Gasteiger partial charge in [-0.05, 0) is 26.2 Å². The maximum Gasteiger partial charge on any atom is 0.191 e. The Morgan fingerprint density at radius 2 is 2.16 bits per heavy atom. The molecule has 0 aromatic carbocycles. The monoisotopic (exact) mass is 350 g/mol. The zero-order valence-electron chi connectivity index (χ0n) is 15.8. The summed E-state index contributed by atoms with van der Waals surface area (Å²) >= 11 is 0. The predicted octanol–water partition coefficient (Wildman–Crippen LogP) is 2.13. The zero-order valence-corrected chi connectivity index (χ0v) is 15.8. The SMILES string of the molecule is CCOCCCN=C(NCCn1cnnc1CC)NC1CCCCC1. The third-order valence-electron chi connectivity index (χ3n) is 4.52. The molecule has 0 bridgehead atoms. The molecule has 142 valence electrons. The van der Waals surface area contributed by atoms with Gasteiger partial charge in [-0.2, -0.15) is 0 Å². The number of ether oxygens (including phenoxy) is 1. The molecule has 7 heteroatoms. The lowest BCUT2D eigenvalue weighted by Crippen LogP contribution is -2.45. The molecular formula is C18H34N6O. The number of aliphatic imine (C=N–C) groups is 1. The third-order valence-corrected chi connectivity index (χ3v) is 4.52. The standard InChI is InChI=1S/C18H34N6O/c1-3-17-23-21-15-24(17)13-12-20-18(19-11-8-14-25-4-2)22-16-9-6-5-7-10-16/h15-16H,3-14H2,1-2H3,(H2,19,20,22). The van der Waals surface area contributed by atoms with Gasteiger partial charge in [-0.15, -0.1) is 10.2 Å². The van der Waals surface area contributed by atoms with Gasteiger partial charge in [-0.25, -0.2) is 0 Å². The molecule has 0 atom stereocenters. The second-order valence-electron chi connectivity index (χ2n) is 6.48. The van der Waals surface area contributed by atoms with Gasteiger partial charge >= 0.3 is 0 Å². The molecule has 1 aromatic rings. The van der Waals surface area contributed by atoms with Crippen LogP contribution >= 0.6 is 0 Å². The number of aromatic nitrogens is 3. The van der Waals surface area contributed by atoms with Crippen LogP contribution in [-0.2, 0) is 17.7 Å². The van der Waals surface area contributed by atoms with Crippen molar-refractivity contribution in [1.29, 1.82) is 0 Å². The van der Waals surface area contributed by atoms with Gasteiger partial charge in [0, 0.05) is 45.3 Å². The fourth-order valence-corrected chi connectivity index (χ4v) is 3.13. The fourth-order valence-electron chi connectivity index (χ4n) is 3.13. The van der Waals surface area contributed by atoms with Gasteiger partial charge in [0.15, 0.2) is 5.96 Å². The maximum atomic E-state index is 5.39. The van der Waals surface area contributed by atoms with E-state index in [4.69, 9.17) is 9.73 Å². The van der Waals surface area contributed by atoms with Crippen molar-refractivity contribution in [1.82, 2.24) is 25.4 Å². The van der Waals surface area contributed by atoms with Crippen LogP contribution in [0.4, 0.5) is 0 Å². The van der Waals surface area contributed by atoms with Gasteiger partial charge in [-0.1, -0.05) is 26.2 Å². The number of hydrogen-bond acceptors (Lipinski definition) is 4. The van der Waals surface area contributed by atoms with E-state index in [2.05, 4.69) is 32.3 Å². The molecule has 0 spiro atoms. The lowest BCUT2D eigenvalue weighted by molar-refractivity contribution is 0.146. The molecular weight excluding hydrogens is 316 g/mol. The van der Waals surface area contributed by atoms with Crippen LogP contribution in [0.1, 0.15) is 58.2 Å². The Morgan fingerprint density at radius 3 is 2.92 bits per heavy atom. The van der Waals surface area contributed by atoms with E-state index in [9.17, 15) is 0 Å². The normalized spacial score (nSPS) is 16.2. The molecule has 0 aliphatic heterocycles. The molecule has 0 amide bonds. The first-order chi connectivity index (χ1) is 12.3. The third kappa shape index (κ3) is 7.42. The molecule has 1 aliphatic rings. The highest BCUT2D eigenvalue weighted by Crippen LogP contribution is 2.17. The van der Waals surface area contributed by atoms with Crippen molar-refractivity contribution in [2.24, 2.45) is 4.99 Å². The van der Waals surface area contributed by atoms with E-state index < -0.39 is 0 Å². The zero-order chi connectivity index (χ0) is 17.7. The lowest BCUT2D eigenvalue weighted by Gasteiger charge is -2.25. The summed E-state index contributed by atoms with van der Waals surface area (Å²) in [4.78, 5) is 4.72. The summed E-state index contributed by atoms with van der Waals surface area (Å²) in [7, 11) is 0. The van der Waals surface area contributed by atoms with Crippen molar-refractivity contribution in [3.8, 4) is 0 Å².